The lowest BCUT2D eigenvalue weighted by atomic mass is 9.86. The van der Waals surface area contributed by atoms with E-state index in [4.69, 9.17) is 4.74 Å². The molecule has 180 valence electrons. The predicted octanol–water partition coefficient (Wildman–Crippen LogP) is 3.48. The van der Waals surface area contributed by atoms with Crippen LogP contribution in [-0.4, -0.2) is 69.1 Å². The quantitative estimate of drug-likeness (QED) is 0.450. The Morgan fingerprint density at radius 3 is 2.40 bits per heavy atom. The average Bonchev–Trinajstić information content (AvgIpc) is 3.32. The first-order valence-electron chi connectivity index (χ1n) is 11.7. The second kappa shape index (κ2) is 8.98. The Balaban J connectivity index is 1.32. The molecule has 5 rings (SSSR count). The fourth-order valence-corrected chi connectivity index (χ4v) is 4.30. The number of carbonyl (C=O) groups is 1. The molecule has 2 aromatic heterocycles. The first kappa shape index (κ1) is 22.8. The van der Waals surface area contributed by atoms with E-state index in [0.29, 0.717) is 37.3 Å². The van der Waals surface area contributed by atoms with Crippen LogP contribution in [0.2, 0.25) is 0 Å². The number of aromatic nitrogens is 5. The van der Waals surface area contributed by atoms with E-state index in [0.717, 1.165) is 22.8 Å². The maximum atomic E-state index is 13.1. The molecule has 0 radical (unpaired) electrons. The van der Waals surface area contributed by atoms with Crippen LogP contribution in [0.3, 0.4) is 0 Å². The third-order valence-electron chi connectivity index (χ3n) is 6.38. The molecule has 1 aliphatic heterocycles. The van der Waals surface area contributed by atoms with Gasteiger partial charge >= 0.3 is 0 Å². The Morgan fingerprint density at radius 1 is 0.971 bits per heavy atom. The van der Waals surface area contributed by atoms with E-state index in [2.05, 4.69) is 46.0 Å². The van der Waals surface area contributed by atoms with Gasteiger partial charge in [-0.2, -0.15) is 4.68 Å². The highest BCUT2D eigenvalue weighted by Gasteiger charge is 2.26. The fourth-order valence-electron chi connectivity index (χ4n) is 4.30. The molecule has 0 spiro atoms. The number of benzene rings is 2. The largest absolute Gasteiger partial charge is 0.497 e. The van der Waals surface area contributed by atoms with Crippen molar-refractivity contribution in [2.24, 2.45) is 0 Å². The molecule has 1 amide bonds. The van der Waals surface area contributed by atoms with Gasteiger partial charge in [-0.15, -0.1) is 5.10 Å². The zero-order chi connectivity index (χ0) is 24.6. The number of methoxy groups -OCH3 is 1. The second-order valence-electron chi connectivity index (χ2n) is 9.68. The summed E-state index contributed by atoms with van der Waals surface area (Å²) in [5.41, 5.74) is 4.06. The maximum Gasteiger partial charge on any atom is 0.253 e. The Labute approximate surface area is 204 Å². The summed E-state index contributed by atoms with van der Waals surface area (Å²) in [6.07, 6.45) is 1.53. The van der Waals surface area contributed by atoms with Crippen LogP contribution in [0.15, 0.2) is 54.9 Å². The van der Waals surface area contributed by atoms with Gasteiger partial charge in [-0.05, 0) is 35.2 Å². The molecule has 0 N–H and O–H groups in total. The molecule has 0 saturated carbocycles. The van der Waals surface area contributed by atoms with E-state index in [9.17, 15) is 4.79 Å². The van der Waals surface area contributed by atoms with Gasteiger partial charge < -0.3 is 14.5 Å². The molecule has 1 fully saturated rings. The van der Waals surface area contributed by atoms with Crippen molar-refractivity contribution in [3.63, 3.8) is 0 Å². The number of anilines is 1. The Bertz CT molecular complexity index is 1350. The van der Waals surface area contributed by atoms with Crippen LogP contribution in [-0.2, 0) is 5.41 Å². The first-order valence-corrected chi connectivity index (χ1v) is 11.7. The SMILES string of the molecule is COc1cccc(-n2nnc3c(N4CCN(C(=O)c5ccc(C(C)(C)C)cc5)CC4)ncnc32)c1. The Kier molecular flexibility index (Phi) is 5.84. The third kappa shape index (κ3) is 4.41. The smallest absolute Gasteiger partial charge is 0.253 e. The summed E-state index contributed by atoms with van der Waals surface area (Å²) in [6.45, 7) is 9.03. The molecule has 0 aliphatic carbocycles. The van der Waals surface area contributed by atoms with Crippen molar-refractivity contribution in [3.05, 3.63) is 66.0 Å². The zero-order valence-corrected chi connectivity index (χ0v) is 20.5. The molecule has 2 aromatic carbocycles. The number of carbonyl (C=O) groups excluding carboxylic acids is 1. The number of rotatable bonds is 4. The van der Waals surface area contributed by atoms with Gasteiger partial charge in [0, 0.05) is 37.8 Å². The molecular weight excluding hydrogens is 442 g/mol. The zero-order valence-electron chi connectivity index (χ0n) is 20.5. The van der Waals surface area contributed by atoms with Crippen LogP contribution >= 0.6 is 0 Å². The lowest BCUT2D eigenvalue weighted by Gasteiger charge is -2.35. The third-order valence-corrected chi connectivity index (χ3v) is 6.38. The molecule has 0 unspecified atom stereocenters. The van der Waals surface area contributed by atoms with Crippen LogP contribution in [0.5, 0.6) is 5.75 Å². The Morgan fingerprint density at radius 2 is 1.71 bits per heavy atom. The van der Waals surface area contributed by atoms with Crippen molar-refractivity contribution >= 4 is 22.9 Å². The van der Waals surface area contributed by atoms with Gasteiger partial charge in [0.05, 0.1) is 12.8 Å². The average molecular weight is 472 g/mol. The van der Waals surface area contributed by atoms with Crippen LogP contribution in [0, 0.1) is 0 Å². The molecule has 1 aliphatic rings. The highest BCUT2D eigenvalue weighted by atomic mass is 16.5. The number of piperazine rings is 1. The maximum absolute atomic E-state index is 13.1. The summed E-state index contributed by atoms with van der Waals surface area (Å²) in [4.78, 5) is 26.0. The number of ether oxygens (including phenoxy) is 1. The summed E-state index contributed by atoms with van der Waals surface area (Å²) in [5, 5.41) is 8.70. The van der Waals surface area contributed by atoms with E-state index in [-0.39, 0.29) is 11.3 Å². The molecular formula is C26H29N7O2. The summed E-state index contributed by atoms with van der Waals surface area (Å²) in [6, 6.07) is 15.5. The number of hydrogen-bond acceptors (Lipinski definition) is 7. The monoisotopic (exact) mass is 471 g/mol. The van der Waals surface area contributed by atoms with Gasteiger partial charge in [-0.25, -0.2) is 9.97 Å². The lowest BCUT2D eigenvalue weighted by Crippen LogP contribution is -2.49. The summed E-state index contributed by atoms with van der Waals surface area (Å²) >= 11 is 0. The molecule has 0 atom stereocenters. The highest BCUT2D eigenvalue weighted by Crippen LogP contribution is 2.26. The molecule has 1 saturated heterocycles. The van der Waals surface area contributed by atoms with Crippen molar-refractivity contribution < 1.29 is 9.53 Å². The lowest BCUT2D eigenvalue weighted by molar-refractivity contribution is 0.0746. The first-order chi connectivity index (χ1) is 16.8. The Hall–Kier alpha value is -4.01. The van der Waals surface area contributed by atoms with E-state index in [1.165, 1.54) is 11.9 Å². The minimum atomic E-state index is 0.0573. The van der Waals surface area contributed by atoms with Crippen LogP contribution < -0.4 is 9.64 Å². The molecule has 35 heavy (non-hydrogen) atoms. The summed E-state index contributed by atoms with van der Waals surface area (Å²) in [5.74, 6) is 1.52. The number of nitrogens with zero attached hydrogens (tertiary/aromatic N) is 7. The van der Waals surface area contributed by atoms with Crippen LogP contribution in [0.25, 0.3) is 16.9 Å². The minimum Gasteiger partial charge on any atom is -0.497 e. The van der Waals surface area contributed by atoms with E-state index >= 15 is 0 Å². The van der Waals surface area contributed by atoms with E-state index in [1.807, 2.05) is 53.4 Å². The highest BCUT2D eigenvalue weighted by molar-refractivity contribution is 5.94. The standard InChI is InChI=1S/C26H29N7O2/c1-26(2,3)19-10-8-18(9-11-19)25(34)32-14-12-31(13-15-32)23-22-24(28-17-27-23)33(30-29-22)20-6-5-7-21(16-20)35-4/h5-11,16-17H,12-15H2,1-4H3. The number of fused-ring (bicyclic) bond motifs is 1. The van der Waals surface area contributed by atoms with Gasteiger partial charge in [0.25, 0.3) is 5.91 Å². The van der Waals surface area contributed by atoms with Gasteiger partial charge in [-0.3, -0.25) is 4.79 Å². The normalized spacial score (nSPS) is 14.4. The van der Waals surface area contributed by atoms with Gasteiger partial charge in [0.1, 0.15) is 12.1 Å². The van der Waals surface area contributed by atoms with Crippen molar-refractivity contribution in [1.29, 1.82) is 0 Å². The van der Waals surface area contributed by atoms with Crippen molar-refractivity contribution in [2.45, 2.75) is 26.2 Å². The van der Waals surface area contributed by atoms with Crippen molar-refractivity contribution in [3.8, 4) is 11.4 Å². The second-order valence-corrected chi connectivity index (χ2v) is 9.68. The predicted molar refractivity (Wildman–Crippen MR) is 134 cm³/mol. The van der Waals surface area contributed by atoms with Crippen LogP contribution in [0.4, 0.5) is 5.82 Å². The van der Waals surface area contributed by atoms with Gasteiger partial charge in [0.2, 0.25) is 0 Å². The summed E-state index contributed by atoms with van der Waals surface area (Å²) < 4.78 is 7.02. The fraction of sp³-hybridized carbons (Fsp3) is 0.346. The van der Waals surface area contributed by atoms with E-state index in [1.54, 1.807) is 11.8 Å². The number of hydrogen-bond donors (Lipinski definition) is 0. The molecule has 3 heterocycles. The topological polar surface area (TPSA) is 89.3 Å². The minimum absolute atomic E-state index is 0.0573. The van der Waals surface area contributed by atoms with Crippen molar-refractivity contribution in [1.82, 2.24) is 29.9 Å². The number of amides is 1. The van der Waals surface area contributed by atoms with Gasteiger partial charge in [0.15, 0.2) is 17.0 Å². The van der Waals surface area contributed by atoms with Crippen molar-refractivity contribution in [2.75, 3.05) is 38.2 Å². The van der Waals surface area contributed by atoms with Crippen LogP contribution in [0.1, 0.15) is 36.7 Å². The molecule has 9 heteroatoms. The van der Waals surface area contributed by atoms with Gasteiger partial charge in [-0.1, -0.05) is 44.2 Å². The van der Waals surface area contributed by atoms with E-state index < -0.39 is 0 Å². The summed E-state index contributed by atoms with van der Waals surface area (Å²) in [7, 11) is 1.63. The molecule has 9 nitrogen and oxygen atoms in total. The molecule has 0 bridgehead atoms. The molecule has 4 aromatic rings.